The van der Waals surface area contributed by atoms with E-state index in [9.17, 15) is 13.2 Å². The number of hydrogen-bond donors (Lipinski definition) is 1. The van der Waals surface area contributed by atoms with Crippen LogP contribution in [0.4, 0.5) is 13.2 Å². The lowest BCUT2D eigenvalue weighted by atomic mass is 9.75. The Kier molecular flexibility index (Phi) is 6.75. The third kappa shape index (κ3) is 5.22. The fourth-order valence-corrected chi connectivity index (χ4v) is 3.33. The SMILES string of the molecule is CCN(CCOCC(F)(F)F)C1(CN)CCCC(C)C1. The molecule has 1 fully saturated rings. The van der Waals surface area contributed by atoms with Crippen molar-refractivity contribution in [1.29, 1.82) is 0 Å². The van der Waals surface area contributed by atoms with E-state index in [0.29, 0.717) is 19.0 Å². The van der Waals surface area contributed by atoms with Crippen molar-refractivity contribution in [3.63, 3.8) is 0 Å². The van der Waals surface area contributed by atoms with E-state index in [-0.39, 0.29) is 12.1 Å². The molecule has 1 saturated carbocycles. The van der Waals surface area contributed by atoms with E-state index in [2.05, 4.69) is 11.8 Å². The molecular formula is C14H27F3N2O. The Morgan fingerprint density at radius 2 is 2.10 bits per heavy atom. The second kappa shape index (κ2) is 7.61. The topological polar surface area (TPSA) is 38.5 Å². The van der Waals surface area contributed by atoms with Gasteiger partial charge in [0.05, 0.1) is 6.61 Å². The number of halogens is 3. The number of alkyl halides is 3. The molecule has 0 radical (unpaired) electrons. The number of likely N-dealkylation sites (N-methyl/N-ethyl adjacent to an activating group) is 1. The molecule has 6 heteroatoms. The smallest absolute Gasteiger partial charge is 0.371 e. The van der Waals surface area contributed by atoms with Crippen molar-refractivity contribution >= 4 is 0 Å². The minimum atomic E-state index is -4.25. The van der Waals surface area contributed by atoms with Gasteiger partial charge in [0, 0.05) is 18.6 Å². The van der Waals surface area contributed by atoms with Crippen molar-refractivity contribution in [2.75, 3.05) is 32.8 Å². The molecule has 3 nitrogen and oxygen atoms in total. The Hall–Kier alpha value is -0.330. The lowest BCUT2D eigenvalue weighted by molar-refractivity contribution is -0.175. The number of hydrogen-bond acceptors (Lipinski definition) is 3. The maximum Gasteiger partial charge on any atom is 0.411 e. The summed E-state index contributed by atoms with van der Waals surface area (Å²) in [5.41, 5.74) is 5.93. The van der Waals surface area contributed by atoms with Gasteiger partial charge in [-0.15, -0.1) is 0 Å². The van der Waals surface area contributed by atoms with E-state index in [0.717, 1.165) is 25.8 Å². The van der Waals surface area contributed by atoms with E-state index in [1.54, 1.807) is 0 Å². The molecule has 0 spiro atoms. The van der Waals surface area contributed by atoms with E-state index >= 15 is 0 Å². The van der Waals surface area contributed by atoms with Crippen molar-refractivity contribution in [2.24, 2.45) is 11.7 Å². The van der Waals surface area contributed by atoms with Crippen molar-refractivity contribution < 1.29 is 17.9 Å². The minimum Gasteiger partial charge on any atom is -0.371 e. The van der Waals surface area contributed by atoms with Crippen LogP contribution in [0.2, 0.25) is 0 Å². The average Bonchev–Trinajstić information content (AvgIpc) is 2.37. The fraction of sp³-hybridized carbons (Fsp3) is 1.00. The molecule has 0 aliphatic heterocycles. The van der Waals surface area contributed by atoms with Crippen molar-refractivity contribution in [1.82, 2.24) is 4.90 Å². The molecule has 2 N–H and O–H groups in total. The minimum absolute atomic E-state index is 0.0615. The molecule has 0 heterocycles. The van der Waals surface area contributed by atoms with Crippen LogP contribution in [0.3, 0.4) is 0 Å². The van der Waals surface area contributed by atoms with Gasteiger partial charge in [0.15, 0.2) is 0 Å². The van der Waals surface area contributed by atoms with Crippen LogP contribution in [0.25, 0.3) is 0 Å². The Bertz CT molecular complexity index is 286. The molecule has 1 aliphatic rings. The van der Waals surface area contributed by atoms with Crippen LogP contribution in [0, 0.1) is 5.92 Å². The van der Waals surface area contributed by atoms with Crippen LogP contribution in [0.1, 0.15) is 39.5 Å². The molecule has 2 unspecified atom stereocenters. The van der Waals surface area contributed by atoms with Crippen molar-refractivity contribution in [3.05, 3.63) is 0 Å². The summed E-state index contributed by atoms with van der Waals surface area (Å²) in [4.78, 5) is 2.21. The van der Waals surface area contributed by atoms with Gasteiger partial charge in [0.25, 0.3) is 0 Å². The summed E-state index contributed by atoms with van der Waals surface area (Å²) in [5, 5.41) is 0. The summed E-state index contributed by atoms with van der Waals surface area (Å²) in [6.07, 6.45) is 0.154. The Balaban J connectivity index is 2.50. The number of rotatable bonds is 7. The van der Waals surface area contributed by atoms with Crippen molar-refractivity contribution in [3.8, 4) is 0 Å². The summed E-state index contributed by atoms with van der Waals surface area (Å²) < 4.78 is 40.9. The van der Waals surface area contributed by atoms with Gasteiger partial charge >= 0.3 is 6.18 Å². The molecule has 0 aromatic rings. The molecule has 1 aliphatic carbocycles. The quantitative estimate of drug-likeness (QED) is 0.734. The zero-order valence-electron chi connectivity index (χ0n) is 12.5. The molecule has 120 valence electrons. The largest absolute Gasteiger partial charge is 0.411 e. The third-order valence-corrected chi connectivity index (χ3v) is 4.27. The lowest BCUT2D eigenvalue weighted by Crippen LogP contribution is -2.57. The summed E-state index contributed by atoms with van der Waals surface area (Å²) in [5.74, 6) is 0.623. The predicted octanol–water partition coefficient (Wildman–Crippen LogP) is 2.79. The van der Waals surface area contributed by atoms with Crippen LogP contribution in [-0.4, -0.2) is 49.5 Å². The molecule has 0 saturated heterocycles. The Morgan fingerprint density at radius 1 is 1.40 bits per heavy atom. The first-order chi connectivity index (χ1) is 9.33. The van der Waals surface area contributed by atoms with Crippen LogP contribution >= 0.6 is 0 Å². The standard InChI is InChI=1S/C14H27F3N2O/c1-3-19(7-8-20-11-14(15,16)17)13(10-18)6-4-5-12(2)9-13/h12H,3-11,18H2,1-2H3. The predicted molar refractivity (Wildman–Crippen MR) is 73.5 cm³/mol. The lowest BCUT2D eigenvalue weighted by Gasteiger charge is -2.47. The molecule has 0 amide bonds. The highest BCUT2D eigenvalue weighted by Gasteiger charge is 2.38. The maximum atomic E-state index is 12.1. The zero-order valence-corrected chi connectivity index (χ0v) is 12.5. The number of nitrogens with two attached hydrogens (primary N) is 1. The second-order valence-corrected chi connectivity index (χ2v) is 5.88. The summed E-state index contributed by atoms with van der Waals surface area (Å²) >= 11 is 0. The molecule has 0 aromatic carbocycles. The molecule has 0 bridgehead atoms. The zero-order chi connectivity index (χ0) is 15.2. The van der Waals surface area contributed by atoms with Gasteiger partial charge in [-0.05, 0) is 25.3 Å². The third-order valence-electron chi connectivity index (χ3n) is 4.27. The number of ether oxygens (including phenoxy) is 1. The molecular weight excluding hydrogens is 269 g/mol. The normalized spacial score (nSPS) is 28.1. The Labute approximate surface area is 119 Å². The first-order valence-electron chi connectivity index (χ1n) is 7.42. The van der Waals surface area contributed by atoms with Gasteiger partial charge < -0.3 is 10.5 Å². The van der Waals surface area contributed by atoms with Gasteiger partial charge in [0.1, 0.15) is 6.61 Å². The van der Waals surface area contributed by atoms with E-state index in [1.807, 2.05) is 6.92 Å². The molecule has 20 heavy (non-hydrogen) atoms. The van der Waals surface area contributed by atoms with Crippen LogP contribution in [0.5, 0.6) is 0 Å². The molecule has 1 rings (SSSR count). The van der Waals surface area contributed by atoms with Gasteiger partial charge in [0.2, 0.25) is 0 Å². The highest BCUT2D eigenvalue weighted by molar-refractivity contribution is 4.95. The summed E-state index contributed by atoms with van der Waals surface area (Å²) in [6, 6.07) is 0. The summed E-state index contributed by atoms with van der Waals surface area (Å²) in [7, 11) is 0. The van der Waals surface area contributed by atoms with E-state index in [4.69, 9.17) is 10.5 Å². The van der Waals surface area contributed by atoms with Gasteiger partial charge in [-0.3, -0.25) is 4.90 Å². The second-order valence-electron chi connectivity index (χ2n) is 5.88. The van der Waals surface area contributed by atoms with Gasteiger partial charge in [-0.25, -0.2) is 0 Å². The highest BCUT2D eigenvalue weighted by Crippen LogP contribution is 2.36. The summed E-state index contributed by atoms with van der Waals surface area (Å²) in [6.45, 7) is 5.04. The highest BCUT2D eigenvalue weighted by atomic mass is 19.4. The van der Waals surface area contributed by atoms with Gasteiger partial charge in [-0.1, -0.05) is 26.7 Å². The van der Waals surface area contributed by atoms with Crippen LogP contribution in [0.15, 0.2) is 0 Å². The van der Waals surface area contributed by atoms with Crippen LogP contribution in [-0.2, 0) is 4.74 Å². The average molecular weight is 296 g/mol. The van der Waals surface area contributed by atoms with Crippen LogP contribution < -0.4 is 5.73 Å². The molecule has 2 atom stereocenters. The monoisotopic (exact) mass is 296 g/mol. The Morgan fingerprint density at radius 3 is 2.60 bits per heavy atom. The van der Waals surface area contributed by atoms with E-state index in [1.165, 1.54) is 6.42 Å². The first kappa shape index (κ1) is 17.7. The fourth-order valence-electron chi connectivity index (χ4n) is 3.33. The van der Waals surface area contributed by atoms with Gasteiger partial charge in [-0.2, -0.15) is 13.2 Å². The first-order valence-corrected chi connectivity index (χ1v) is 7.42. The maximum absolute atomic E-state index is 12.1. The van der Waals surface area contributed by atoms with E-state index < -0.39 is 12.8 Å². The molecule has 0 aromatic heterocycles. The number of nitrogens with zero attached hydrogens (tertiary/aromatic N) is 1. The van der Waals surface area contributed by atoms with Crippen molar-refractivity contribution in [2.45, 2.75) is 51.2 Å².